The number of nitrogens with zero attached hydrogens (tertiary/aromatic N) is 3. The van der Waals surface area contributed by atoms with Crippen molar-refractivity contribution in [1.29, 1.82) is 0 Å². The Kier molecular flexibility index (Phi) is 8.97. The molecule has 0 aliphatic carbocycles. The molecule has 9 nitrogen and oxygen atoms in total. The highest BCUT2D eigenvalue weighted by Gasteiger charge is 2.20. The van der Waals surface area contributed by atoms with Crippen molar-refractivity contribution in [1.82, 2.24) is 15.3 Å². The van der Waals surface area contributed by atoms with E-state index in [0.29, 0.717) is 38.7 Å². The van der Waals surface area contributed by atoms with Crippen LogP contribution in [0, 0.1) is 0 Å². The standard InChI is InChI=1S/C31H34N6O3/c32-20-23-7-4-8-24(17-23)27-11-12-33-31(36-27)35-26-9-10-29(37-13-15-40-16-14-37)25(19-26)21-34-28(30(38)39)18-22-5-2-1-3-6-22/h1-12,17,19,28,34H,13-16,18,20-21,32H2,(H,38,39)(H,33,35,36). The fraction of sp³-hybridized carbons (Fsp3) is 0.258. The number of anilines is 3. The van der Waals surface area contributed by atoms with Crippen molar-refractivity contribution < 1.29 is 14.6 Å². The molecule has 1 fully saturated rings. The van der Waals surface area contributed by atoms with Gasteiger partial charge in [0.15, 0.2) is 0 Å². The molecule has 0 bridgehead atoms. The van der Waals surface area contributed by atoms with Crippen LogP contribution < -0.4 is 21.3 Å². The Hall–Kier alpha value is -4.31. The van der Waals surface area contributed by atoms with Crippen molar-refractivity contribution >= 4 is 23.3 Å². The quantitative estimate of drug-likeness (QED) is 0.224. The maximum atomic E-state index is 12.1. The van der Waals surface area contributed by atoms with Gasteiger partial charge in [-0.25, -0.2) is 9.97 Å². The van der Waals surface area contributed by atoms with E-state index in [-0.39, 0.29) is 0 Å². The summed E-state index contributed by atoms with van der Waals surface area (Å²) in [6.07, 6.45) is 2.12. The number of carboxylic acid groups (broad SMARTS) is 1. The normalized spacial score (nSPS) is 14.1. The van der Waals surface area contributed by atoms with E-state index in [9.17, 15) is 9.90 Å². The Morgan fingerprint density at radius 2 is 1.80 bits per heavy atom. The summed E-state index contributed by atoms with van der Waals surface area (Å²) in [6.45, 7) is 3.72. The average molecular weight is 539 g/mol. The van der Waals surface area contributed by atoms with Gasteiger partial charge in [0.1, 0.15) is 6.04 Å². The first-order valence-electron chi connectivity index (χ1n) is 13.4. The molecule has 0 radical (unpaired) electrons. The lowest BCUT2D eigenvalue weighted by atomic mass is 10.0. The SMILES string of the molecule is NCc1cccc(-c2ccnc(Nc3ccc(N4CCOCC4)c(CNC(Cc4ccccc4)C(=O)O)c3)n2)c1. The molecule has 40 heavy (non-hydrogen) atoms. The lowest BCUT2D eigenvalue weighted by molar-refractivity contribution is -0.139. The van der Waals surface area contributed by atoms with Crippen LogP contribution in [0.2, 0.25) is 0 Å². The second kappa shape index (κ2) is 13.2. The Morgan fingerprint density at radius 3 is 2.58 bits per heavy atom. The van der Waals surface area contributed by atoms with Gasteiger partial charge in [0, 0.05) is 49.3 Å². The van der Waals surface area contributed by atoms with Crippen molar-refractivity contribution in [2.45, 2.75) is 25.6 Å². The van der Waals surface area contributed by atoms with Crippen LogP contribution in [0.25, 0.3) is 11.3 Å². The predicted molar refractivity (Wildman–Crippen MR) is 157 cm³/mol. The highest BCUT2D eigenvalue weighted by molar-refractivity contribution is 5.74. The van der Waals surface area contributed by atoms with E-state index < -0.39 is 12.0 Å². The van der Waals surface area contributed by atoms with Gasteiger partial charge in [-0.3, -0.25) is 10.1 Å². The minimum absolute atomic E-state index is 0.388. The largest absolute Gasteiger partial charge is 0.480 e. The zero-order chi connectivity index (χ0) is 27.7. The van der Waals surface area contributed by atoms with Crippen LogP contribution >= 0.6 is 0 Å². The summed E-state index contributed by atoms with van der Waals surface area (Å²) < 4.78 is 5.55. The van der Waals surface area contributed by atoms with Crippen LogP contribution in [0.4, 0.5) is 17.3 Å². The molecule has 206 valence electrons. The van der Waals surface area contributed by atoms with Crippen molar-refractivity contribution in [3.63, 3.8) is 0 Å². The predicted octanol–water partition coefficient (Wildman–Crippen LogP) is 3.97. The molecule has 1 saturated heterocycles. The number of morpholine rings is 1. The summed E-state index contributed by atoms with van der Waals surface area (Å²) in [5, 5.41) is 16.5. The summed E-state index contributed by atoms with van der Waals surface area (Å²) in [6, 6.07) is 24.9. The summed E-state index contributed by atoms with van der Waals surface area (Å²) in [7, 11) is 0. The lowest BCUT2D eigenvalue weighted by Crippen LogP contribution is -2.40. The molecule has 1 aliphatic heterocycles. The first kappa shape index (κ1) is 27.3. The van der Waals surface area contributed by atoms with Crippen molar-refractivity contribution in [2.24, 2.45) is 5.73 Å². The molecule has 0 spiro atoms. The van der Waals surface area contributed by atoms with Gasteiger partial charge in [-0.1, -0.05) is 48.5 Å². The van der Waals surface area contributed by atoms with Gasteiger partial charge in [-0.15, -0.1) is 0 Å². The first-order chi connectivity index (χ1) is 19.6. The number of nitrogens with one attached hydrogen (secondary N) is 2. The number of aliphatic carboxylic acids is 1. The molecule has 9 heteroatoms. The van der Waals surface area contributed by atoms with E-state index >= 15 is 0 Å². The summed E-state index contributed by atoms with van der Waals surface area (Å²) >= 11 is 0. The van der Waals surface area contributed by atoms with Gasteiger partial charge in [-0.2, -0.15) is 0 Å². The van der Waals surface area contributed by atoms with E-state index in [1.165, 1.54) is 0 Å². The van der Waals surface area contributed by atoms with Crippen LogP contribution in [-0.2, 0) is 29.0 Å². The van der Waals surface area contributed by atoms with Gasteiger partial charge in [0.25, 0.3) is 0 Å². The van der Waals surface area contributed by atoms with Crippen LogP contribution in [0.5, 0.6) is 0 Å². The van der Waals surface area contributed by atoms with Gasteiger partial charge in [-0.05, 0) is 53.4 Å². The Labute approximate surface area is 234 Å². The average Bonchev–Trinajstić information content (AvgIpc) is 3.00. The van der Waals surface area contributed by atoms with Crippen LogP contribution in [0.1, 0.15) is 16.7 Å². The molecule has 1 atom stereocenters. The number of carbonyl (C=O) groups is 1. The Morgan fingerprint density at radius 1 is 1.00 bits per heavy atom. The highest BCUT2D eigenvalue weighted by atomic mass is 16.5. The molecule has 2 heterocycles. The number of hydrogen-bond donors (Lipinski definition) is 4. The smallest absolute Gasteiger partial charge is 0.321 e. The number of aromatic nitrogens is 2. The second-order valence-electron chi connectivity index (χ2n) is 9.70. The first-order valence-corrected chi connectivity index (χ1v) is 13.4. The number of ether oxygens (including phenoxy) is 1. The molecule has 4 aromatic rings. The number of benzene rings is 3. The summed E-state index contributed by atoms with van der Waals surface area (Å²) in [4.78, 5) is 23.5. The van der Waals surface area contributed by atoms with Crippen molar-refractivity contribution in [2.75, 3.05) is 36.5 Å². The Bertz CT molecular complexity index is 1430. The highest BCUT2D eigenvalue weighted by Crippen LogP contribution is 2.27. The molecule has 3 aromatic carbocycles. The van der Waals surface area contributed by atoms with Crippen LogP contribution in [0.15, 0.2) is 85.1 Å². The third-order valence-corrected chi connectivity index (χ3v) is 6.92. The summed E-state index contributed by atoms with van der Waals surface area (Å²) in [5.74, 6) is -0.406. The molecule has 5 N–H and O–H groups in total. The van der Waals surface area contributed by atoms with Gasteiger partial charge < -0.3 is 25.8 Å². The fourth-order valence-electron chi connectivity index (χ4n) is 4.81. The maximum absolute atomic E-state index is 12.1. The second-order valence-corrected chi connectivity index (χ2v) is 9.70. The number of carboxylic acids is 1. The van der Waals surface area contributed by atoms with Crippen molar-refractivity contribution in [3.05, 3.63) is 102 Å². The van der Waals surface area contributed by atoms with Crippen LogP contribution in [0.3, 0.4) is 0 Å². The van der Waals surface area contributed by atoms with E-state index in [1.807, 2.05) is 72.8 Å². The van der Waals surface area contributed by atoms with E-state index in [1.54, 1.807) is 6.20 Å². The van der Waals surface area contributed by atoms with Gasteiger partial charge in [0.2, 0.25) is 5.95 Å². The van der Waals surface area contributed by atoms with Crippen LogP contribution in [-0.4, -0.2) is 53.4 Å². The monoisotopic (exact) mass is 538 g/mol. The molecule has 0 saturated carbocycles. The molecule has 1 aliphatic rings. The number of rotatable bonds is 11. The minimum atomic E-state index is -0.880. The lowest BCUT2D eigenvalue weighted by Gasteiger charge is -2.31. The molecular formula is C31H34N6O3. The van der Waals surface area contributed by atoms with E-state index in [4.69, 9.17) is 15.5 Å². The van der Waals surface area contributed by atoms with Gasteiger partial charge in [0.05, 0.1) is 18.9 Å². The number of hydrogen-bond acceptors (Lipinski definition) is 8. The third-order valence-electron chi connectivity index (χ3n) is 6.92. The molecule has 1 aromatic heterocycles. The molecular weight excluding hydrogens is 504 g/mol. The minimum Gasteiger partial charge on any atom is -0.480 e. The fourth-order valence-corrected chi connectivity index (χ4v) is 4.81. The van der Waals surface area contributed by atoms with Gasteiger partial charge >= 0.3 is 5.97 Å². The summed E-state index contributed by atoms with van der Waals surface area (Å²) in [5.41, 5.74) is 12.4. The molecule has 5 rings (SSSR count). The molecule has 1 unspecified atom stereocenters. The van der Waals surface area contributed by atoms with E-state index in [2.05, 4.69) is 26.6 Å². The Balaban J connectivity index is 1.37. The zero-order valence-electron chi connectivity index (χ0n) is 22.3. The maximum Gasteiger partial charge on any atom is 0.321 e. The van der Waals surface area contributed by atoms with Crippen molar-refractivity contribution in [3.8, 4) is 11.3 Å². The third kappa shape index (κ3) is 7.01. The van der Waals surface area contributed by atoms with E-state index in [0.717, 1.165) is 52.4 Å². The topological polar surface area (TPSA) is 126 Å². The molecule has 0 amide bonds. The zero-order valence-corrected chi connectivity index (χ0v) is 22.3. The number of nitrogens with two attached hydrogens (primary N) is 1.